The highest BCUT2D eigenvalue weighted by molar-refractivity contribution is 5.05. The molecule has 1 rings (SSSR count). The molecule has 1 aliphatic heterocycles. The second-order valence-electron chi connectivity index (χ2n) is 2.20. The minimum Gasteiger partial charge on any atom is -0.219 e. The number of hydrogen-bond donors (Lipinski definition) is 0. The van der Waals surface area contributed by atoms with E-state index in [1.165, 1.54) is 0 Å². The van der Waals surface area contributed by atoms with Gasteiger partial charge < -0.3 is 0 Å². The van der Waals surface area contributed by atoms with E-state index in [1.807, 2.05) is 7.05 Å². The first-order chi connectivity index (χ1) is 3.81. The molecule has 0 N–H and O–H groups in total. The highest BCUT2D eigenvalue weighted by atomic mass is 15.4. The van der Waals surface area contributed by atoms with Crippen LogP contribution in [-0.4, -0.2) is 24.2 Å². The van der Waals surface area contributed by atoms with E-state index in [0.29, 0.717) is 12.2 Å². The summed E-state index contributed by atoms with van der Waals surface area (Å²) in [6.07, 6.45) is 1.47. The summed E-state index contributed by atoms with van der Waals surface area (Å²) < 4.78 is 0. The Morgan fingerprint density at radius 2 is 2.38 bits per heavy atom. The summed E-state index contributed by atoms with van der Waals surface area (Å²) in [7, 11) is 2.04. The molecule has 2 nitrogen and oxygen atoms in total. The van der Waals surface area contributed by atoms with Crippen molar-refractivity contribution in [3.05, 3.63) is 4.85 Å². The monoisotopic (exact) mass is 111 g/mol. The van der Waals surface area contributed by atoms with Crippen molar-refractivity contribution in [2.24, 2.45) is 0 Å². The lowest BCUT2D eigenvalue weighted by Gasteiger charge is -1.77. The first-order valence-electron chi connectivity index (χ1n) is 2.93. The summed E-state index contributed by atoms with van der Waals surface area (Å²) in [6, 6.07) is 0.625. The van der Waals surface area contributed by atoms with Gasteiger partial charge in [-0.3, -0.25) is 0 Å². The molecule has 0 aliphatic carbocycles. The summed E-state index contributed by atoms with van der Waals surface area (Å²) in [4.78, 5) is 5.81. The third-order valence-corrected chi connectivity index (χ3v) is 1.77. The van der Waals surface area contributed by atoms with E-state index in [9.17, 15) is 0 Å². The molecule has 1 heterocycles. The zero-order valence-corrected chi connectivity index (χ0v) is 5.33. The number of nitrogens with zero attached hydrogens (tertiary/aromatic N) is 2. The molecule has 0 radical (unpaired) electrons. The minimum absolute atomic E-state index is 0.319. The molecular weight excluding hydrogens is 100 g/mol. The van der Waals surface area contributed by atoms with E-state index < -0.39 is 0 Å². The molecule has 0 saturated carbocycles. The maximum Gasteiger partial charge on any atom is 0.344 e. The average Bonchev–Trinajstić information content (AvgIpc) is 2.40. The lowest BCUT2D eigenvalue weighted by molar-refractivity contribution is 0.591. The first kappa shape index (κ1) is 5.58. The molecule has 0 aromatic rings. The zero-order valence-electron chi connectivity index (χ0n) is 5.33. The largest absolute Gasteiger partial charge is 0.344 e. The van der Waals surface area contributed by atoms with Crippen LogP contribution in [0.15, 0.2) is 0 Å². The molecule has 8 heavy (non-hydrogen) atoms. The van der Waals surface area contributed by atoms with Crippen LogP contribution in [0.25, 0.3) is 4.85 Å². The van der Waals surface area contributed by atoms with Crippen LogP contribution >= 0.6 is 0 Å². The van der Waals surface area contributed by atoms with Crippen LogP contribution in [0.4, 0.5) is 0 Å². The van der Waals surface area contributed by atoms with Crippen molar-refractivity contribution in [1.82, 2.24) is 4.90 Å². The Labute approximate surface area is 49.9 Å². The van der Waals surface area contributed by atoms with E-state index in [-0.39, 0.29) is 0 Å². The van der Waals surface area contributed by atoms with Gasteiger partial charge in [0.1, 0.15) is 6.04 Å². The Balaban J connectivity index is 2.37. The molecule has 1 saturated heterocycles. The van der Waals surface area contributed by atoms with Crippen LogP contribution in [0.1, 0.15) is 13.3 Å². The predicted octanol–water partition coefficient (Wildman–Crippen LogP) is 0.999. The first-order valence-corrected chi connectivity index (χ1v) is 2.93. The Bertz CT molecular complexity index is 125. The van der Waals surface area contributed by atoms with E-state index in [4.69, 9.17) is 6.57 Å². The standard InChI is InChI=1S/C6H11N2/c1-4-5-6(7-2)8(5)3/h2,5-6H,4H2,1,3H3/q+1. The summed E-state index contributed by atoms with van der Waals surface area (Å²) >= 11 is 0. The Hall–Kier alpha value is -0.550. The third kappa shape index (κ3) is 0.597. The van der Waals surface area contributed by atoms with Crippen molar-refractivity contribution in [1.29, 1.82) is 0 Å². The van der Waals surface area contributed by atoms with Crippen molar-refractivity contribution in [3.8, 4) is 6.57 Å². The fourth-order valence-electron chi connectivity index (χ4n) is 1.09. The van der Waals surface area contributed by atoms with Crippen LogP contribution in [0.2, 0.25) is 0 Å². The van der Waals surface area contributed by atoms with Gasteiger partial charge in [0.25, 0.3) is 6.57 Å². The van der Waals surface area contributed by atoms with Gasteiger partial charge in [0.15, 0.2) is 0 Å². The summed E-state index contributed by atoms with van der Waals surface area (Å²) in [6.45, 7) is 7.22. The number of rotatable bonds is 1. The van der Waals surface area contributed by atoms with Crippen molar-refractivity contribution >= 4 is 0 Å². The van der Waals surface area contributed by atoms with Crippen LogP contribution in [0, 0.1) is 6.57 Å². The zero-order chi connectivity index (χ0) is 6.15. The lowest BCUT2D eigenvalue weighted by Crippen LogP contribution is -1.89. The highest BCUT2D eigenvalue weighted by Gasteiger charge is 2.52. The van der Waals surface area contributed by atoms with Gasteiger partial charge in [0.2, 0.25) is 0 Å². The van der Waals surface area contributed by atoms with Crippen LogP contribution < -0.4 is 0 Å². The van der Waals surface area contributed by atoms with Crippen molar-refractivity contribution in [2.45, 2.75) is 25.6 Å². The lowest BCUT2D eigenvalue weighted by atomic mass is 10.3. The van der Waals surface area contributed by atoms with Crippen LogP contribution in [-0.2, 0) is 0 Å². The van der Waals surface area contributed by atoms with Crippen LogP contribution in [0.3, 0.4) is 0 Å². The molecule has 0 amide bonds. The predicted molar refractivity (Wildman–Crippen MR) is 33.9 cm³/mol. The Morgan fingerprint density at radius 1 is 1.75 bits per heavy atom. The second-order valence-corrected chi connectivity index (χ2v) is 2.20. The van der Waals surface area contributed by atoms with Gasteiger partial charge in [0, 0.05) is 0 Å². The molecule has 1 aliphatic rings. The maximum atomic E-state index is 5.07. The smallest absolute Gasteiger partial charge is 0.219 e. The maximum absolute atomic E-state index is 5.07. The topological polar surface area (TPSA) is 7.37 Å². The van der Waals surface area contributed by atoms with Gasteiger partial charge >= 0.3 is 6.17 Å². The quantitative estimate of drug-likeness (QED) is 0.458. The number of likely N-dealkylation sites (N-methyl/N-ethyl adjacent to an activating group) is 1. The van der Waals surface area contributed by atoms with Gasteiger partial charge in [-0.25, -0.2) is 4.90 Å². The molecule has 3 unspecified atom stereocenters. The Kier molecular flexibility index (Phi) is 1.22. The van der Waals surface area contributed by atoms with Crippen LogP contribution in [0.5, 0.6) is 0 Å². The van der Waals surface area contributed by atoms with E-state index in [2.05, 4.69) is 16.7 Å². The number of hydrogen-bond acceptors (Lipinski definition) is 1. The molecule has 0 bridgehead atoms. The minimum atomic E-state index is 0.319. The average molecular weight is 111 g/mol. The SMILES string of the molecule is C#[N+]C1C(CC)N1C. The molecule has 0 spiro atoms. The fraction of sp³-hybridized carbons (Fsp3) is 0.833. The summed E-state index contributed by atoms with van der Waals surface area (Å²) in [5.41, 5.74) is 0. The van der Waals surface area contributed by atoms with Crippen molar-refractivity contribution in [2.75, 3.05) is 7.05 Å². The normalized spacial score (nSPS) is 43.4. The molecule has 3 atom stereocenters. The fourth-order valence-corrected chi connectivity index (χ4v) is 1.09. The third-order valence-electron chi connectivity index (χ3n) is 1.77. The highest BCUT2D eigenvalue weighted by Crippen LogP contribution is 2.28. The molecule has 1 fully saturated rings. The molecule has 44 valence electrons. The van der Waals surface area contributed by atoms with Crippen molar-refractivity contribution < 1.29 is 0 Å². The van der Waals surface area contributed by atoms with Gasteiger partial charge in [-0.1, -0.05) is 11.8 Å². The van der Waals surface area contributed by atoms with E-state index in [0.717, 1.165) is 6.42 Å². The van der Waals surface area contributed by atoms with Gasteiger partial charge in [-0.2, -0.15) is 0 Å². The summed E-state index contributed by atoms with van der Waals surface area (Å²) in [5.74, 6) is 0. The van der Waals surface area contributed by atoms with Gasteiger partial charge in [-0.05, 0) is 13.5 Å². The van der Waals surface area contributed by atoms with E-state index in [1.54, 1.807) is 0 Å². The molecular formula is C6H11N2+. The van der Waals surface area contributed by atoms with Gasteiger partial charge in [-0.15, -0.1) is 0 Å². The summed E-state index contributed by atoms with van der Waals surface area (Å²) in [5, 5.41) is 0. The van der Waals surface area contributed by atoms with Crippen molar-refractivity contribution in [3.63, 3.8) is 0 Å². The van der Waals surface area contributed by atoms with E-state index >= 15 is 0 Å². The van der Waals surface area contributed by atoms with Gasteiger partial charge in [0.05, 0.1) is 0 Å². The second kappa shape index (κ2) is 1.75. The Morgan fingerprint density at radius 3 is 2.50 bits per heavy atom. The molecule has 0 aromatic carbocycles. The molecule has 0 aromatic heterocycles. The molecule has 2 heteroatoms.